The average molecular weight is 321 g/mol. The number of ether oxygens (including phenoxy) is 1. The molecule has 2 fully saturated rings. The topological polar surface area (TPSA) is 29.5 Å². The van der Waals surface area contributed by atoms with Gasteiger partial charge in [0.25, 0.3) is 0 Å². The molecule has 0 aromatic heterocycles. The molecule has 0 N–H and O–H groups in total. The van der Waals surface area contributed by atoms with E-state index in [9.17, 15) is 4.79 Å². The molecule has 2 aliphatic heterocycles. The van der Waals surface area contributed by atoms with Crippen molar-refractivity contribution in [1.29, 1.82) is 0 Å². The first kappa shape index (κ1) is 15.4. The predicted octanol–water partition coefficient (Wildman–Crippen LogP) is 4.27. The van der Waals surface area contributed by atoms with Gasteiger partial charge in [-0.15, -0.1) is 0 Å². The summed E-state index contributed by atoms with van der Waals surface area (Å²) in [4.78, 5) is 15.1. The normalized spacial score (nSPS) is 27.8. The number of morpholine rings is 1. The van der Waals surface area contributed by atoms with Gasteiger partial charge in [0.2, 0.25) is 0 Å². The van der Waals surface area contributed by atoms with Gasteiger partial charge in [0.15, 0.2) is 0 Å². The van der Waals surface area contributed by atoms with Crippen molar-refractivity contribution in [3.8, 4) is 0 Å². The molecular formula is C21H23NO2. The van der Waals surface area contributed by atoms with E-state index in [0.29, 0.717) is 0 Å². The fraction of sp³-hybridized carbons (Fsp3) is 0.381. The Morgan fingerprint density at radius 1 is 0.833 bits per heavy atom. The third kappa shape index (κ3) is 2.84. The van der Waals surface area contributed by atoms with Crippen LogP contribution in [0.3, 0.4) is 0 Å². The second kappa shape index (κ2) is 6.78. The van der Waals surface area contributed by atoms with Gasteiger partial charge in [0, 0.05) is 0 Å². The van der Waals surface area contributed by atoms with E-state index in [2.05, 4.69) is 41.3 Å². The molecule has 3 heteroatoms. The molecule has 4 rings (SSSR count). The number of fused-ring (bicyclic) bond motifs is 1. The first-order chi connectivity index (χ1) is 11.8. The molecule has 2 saturated heterocycles. The summed E-state index contributed by atoms with van der Waals surface area (Å²) in [6.45, 7) is 0.961. The van der Waals surface area contributed by atoms with Gasteiger partial charge in [-0.1, -0.05) is 73.5 Å². The Morgan fingerprint density at radius 2 is 1.50 bits per heavy atom. The third-order valence-electron chi connectivity index (χ3n) is 5.22. The standard InChI is InChI=1S/C21H23NO2/c23-21-18-14-8-3-9-15-22(18)19(16-10-4-1-5-11-16)20(24-21)17-12-6-2-7-13-17/h1-2,4-7,10-13,18-20H,3,8-9,14-15H2. The Morgan fingerprint density at radius 3 is 2.21 bits per heavy atom. The maximum atomic E-state index is 12.7. The van der Waals surface area contributed by atoms with Gasteiger partial charge < -0.3 is 4.74 Å². The fourth-order valence-electron chi connectivity index (χ4n) is 4.07. The lowest BCUT2D eigenvalue weighted by Crippen LogP contribution is -2.51. The number of hydrogen-bond donors (Lipinski definition) is 0. The van der Waals surface area contributed by atoms with Gasteiger partial charge in [-0.2, -0.15) is 0 Å². The Balaban J connectivity index is 1.78. The Hall–Kier alpha value is -2.13. The second-order valence-corrected chi connectivity index (χ2v) is 6.73. The number of hydrogen-bond acceptors (Lipinski definition) is 3. The highest BCUT2D eigenvalue weighted by Crippen LogP contribution is 2.43. The van der Waals surface area contributed by atoms with E-state index in [1.54, 1.807) is 0 Å². The summed E-state index contributed by atoms with van der Waals surface area (Å²) in [6, 6.07) is 20.6. The molecule has 124 valence electrons. The van der Waals surface area contributed by atoms with Crippen LogP contribution in [-0.4, -0.2) is 23.5 Å². The summed E-state index contributed by atoms with van der Waals surface area (Å²) in [5.74, 6) is -0.0575. The number of nitrogens with zero attached hydrogens (tertiary/aromatic N) is 1. The Kier molecular flexibility index (Phi) is 4.35. The highest BCUT2D eigenvalue weighted by Gasteiger charge is 2.45. The zero-order chi connectivity index (χ0) is 16.4. The summed E-state index contributed by atoms with van der Waals surface area (Å²) in [5, 5.41) is 0. The second-order valence-electron chi connectivity index (χ2n) is 6.73. The van der Waals surface area contributed by atoms with E-state index in [1.807, 2.05) is 24.3 Å². The van der Waals surface area contributed by atoms with Crippen molar-refractivity contribution in [3.63, 3.8) is 0 Å². The van der Waals surface area contributed by atoms with Crippen molar-refractivity contribution in [1.82, 2.24) is 4.90 Å². The molecule has 3 atom stereocenters. The molecule has 2 aromatic carbocycles. The number of carbonyl (C=O) groups is 1. The molecule has 0 aliphatic carbocycles. The first-order valence-corrected chi connectivity index (χ1v) is 8.91. The molecule has 3 unspecified atom stereocenters. The van der Waals surface area contributed by atoms with Gasteiger partial charge in [-0.25, -0.2) is 0 Å². The van der Waals surface area contributed by atoms with E-state index < -0.39 is 0 Å². The van der Waals surface area contributed by atoms with Crippen molar-refractivity contribution >= 4 is 5.97 Å². The lowest BCUT2D eigenvalue weighted by atomic mass is 9.90. The van der Waals surface area contributed by atoms with Crippen molar-refractivity contribution < 1.29 is 9.53 Å². The van der Waals surface area contributed by atoms with Crippen LogP contribution in [0.15, 0.2) is 60.7 Å². The van der Waals surface area contributed by atoms with Gasteiger partial charge in [0.1, 0.15) is 12.1 Å². The molecule has 0 spiro atoms. The van der Waals surface area contributed by atoms with Gasteiger partial charge in [0.05, 0.1) is 6.04 Å². The zero-order valence-electron chi connectivity index (χ0n) is 13.8. The number of benzene rings is 2. The summed E-state index contributed by atoms with van der Waals surface area (Å²) >= 11 is 0. The van der Waals surface area contributed by atoms with E-state index in [4.69, 9.17) is 4.74 Å². The van der Waals surface area contributed by atoms with Crippen LogP contribution in [-0.2, 0) is 9.53 Å². The van der Waals surface area contributed by atoms with Crippen LogP contribution in [0, 0.1) is 0 Å². The van der Waals surface area contributed by atoms with Crippen molar-refractivity contribution in [2.75, 3.05) is 6.54 Å². The van der Waals surface area contributed by atoms with Crippen LogP contribution < -0.4 is 0 Å². The molecule has 2 aliphatic rings. The molecule has 2 aromatic rings. The predicted molar refractivity (Wildman–Crippen MR) is 93.4 cm³/mol. The lowest BCUT2D eigenvalue weighted by molar-refractivity contribution is -0.175. The van der Waals surface area contributed by atoms with Crippen molar-refractivity contribution in [2.45, 2.75) is 43.9 Å². The summed E-state index contributed by atoms with van der Waals surface area (Å²) in [6.07, 6.45) is 4.11. The largest absolute Gasteiger partial charge is 0.454 e. The van der Waals surface area contributed by atoms with Gasteiger partial charge in [-0.3, -0.25) is 9.69 Å². The van der Waals surface area contributed by atoms with Crippen molar-refractivity contribution in [3.05, 3.63) is 71.8 Å². The summed E-state index contributed by atoms with van der Waals surface area (Å²) in [7, 11) is 0. The molecule has 0 amide bonds. The van der Waals surface area contributed by atoms with Crippen LogP contribution in [0.4, 0.5) is 0 Å². The van der Waals surface area contributed by atoms with Crippen LogP contribution in [0.1, 0.15) is 49.0 Å². The molecule has 3 nitrogen and oxygen atoms in total. The van der Waals surface area contributed by atoms with E-state index in [1.165, 1.54) is 12.0 Å². The molecule has 24 heavy (non-hydrogen) atoms. The molecule has 0 bridgehead atoms. The minimum atomic E-state index is -0.240. The SMILES string of the molecule is O=C1OC(c2ccccc2)C(c2ccccc2)N2CCCCCC12. The van der Waals surface area contributed by atoms with E-state index in [-0.39, 0.29) is 24.2 Å². The number of rotatable bonds is 2. The van der Waals surface area contributed by atoms with Gasteiger partial charge in [-0.05, 0) is 30.5 Å². The maximum Gasteiger partial charge on any atom is 0.324 e. The van der Waals surface area contributed by atoms with E-state index in [0.717, 1.165) is 31.4 Å². The fourth-order valence-corrected chi connectivity index (χ4v) is 4.07. The van der Waals surface area contributed by atoms with Crippen LogP contribution in [0.5, 0.6) is 0 Å². The van der Waals surface area contributed by atoms with Crippen LogP contribution >= 0.6 is 0 Å². The molecule has 0 radical (unpaired) electrons. The smallest absolute Gasteiger partial charge is 0.324 e. The molecular weight excluding hydrogens is 298 g/mol. The minimum Gasteiger partial charge on any atom is -0.454 e. The average Bonchev–Trinajstić information content (AvgIpc) is 2.89. The Bertz CT molecular complexity index is 685. The number of esters is 1. The lowest BCUT2D eigenvalue weighted by Gasteiger charge is -2.44. The maximum absolute atomic E-state index is 12.7. The van der Waals surface area contributed by atoms with Gasteiger partial charge >= 0.3 is 5.97 Å². The minimum absolute atomic E-state index is 0.0575. The number of carbonyl (C=O) groups excluding carboxylic acids is 1. The molecule has 2 heterocycles. The quantitative estimate of drug-likeness (QED) is 0.774. The highest BCUT2D eigenvalue weighted by molar-refractivity contribution is 5.77. The first-order valence-electron chi connectivity index (χ1n) is 8.91. The molecule has 0 saturated carbocycles. The zero-order valence-corrected chi connectivity index (χ0v) is 13.8. The summed E-state index contributed by atoms with van der Waals surface area (Å²) in [5.41, 5.74) is 2.30. The number of cyclic esters (lactones) is 1. The van der Waals surface area contributed by atoms with Crippen molar-refractivity contribution in [2.24, 2.45) is 0 Å². The highest BCUT2D eigenvalue weighted by atomic mass is 16.6. The van der Waals surface area contributed by atoms with Crippen LogP contribution in [0.25, 0.3) is 0 Å². The monoisotopic (exact) mass is 321 g/mol. The Labute approximate surface area is 143 Å². The summed E-state index contributed by atoms with van der Waals surface area (Å²) < 4.78 is 5.98. The van der Waals surface area contributed by atoms with Crippen LogP contribution in [0.2, 0.25) is 0 Å². The van der Waals surface area contributed by atoms with E-state index >= 15 is 0 Å². The third-order valence-corrected chi connectivity index (χ3v) is 5.22.